The molecule has 2 aromatic rings. The number of amides is 2. The number of halogens is 1. The van der Waals surface area contributed by atoms with E-state index in [1.54, 1.807) is 29.2 Å². The lowest BCUT2D eigenvalue weighted by molar-refractivity contribution is -0.122. The lowest BCUT2D eigenvalue weighted by Crippen LogP contribution is -2.28. The Morgan fingerprint density at radius 2 is 1.59 bits per heavy atom. The molecule has 2 aliphatic rings. The lowest BCUT2D eigenvalue weighted by Gasteiger charge is -2.20. The fourth-order valence-corrected chi connectivity index (χ4v) is 3.85. The van der Waals surface area contributed by atoms with Gasteiger partial charge in [0.05, 0.1) is 5.92 Å². The molecule has 27 heavy (non-hydrogen) atoms. The molecule has 6 heteroatoms. The van der Waals surface area contributed by atoms with Crippen molar-refractivity contribution >= 4 is 40.5 Å². The van der Waals surface area contributed by atoms with Gasteiger partial charge in [-0.25, -0.2) is 0 Å². The summed E-state index contributed by atoms with van der Waals surface area (Å²) in [6.07, 6.45) is 2.70. The first kappa shape index (κ1) is 17.9. The second kappa shape index (κ2) is 7.61. The van der Waals surface area contributed by atoms with Gasteiger partial charge in [0.2, 0.25) is 11.8 Å². The van der Waals surface area contributed by atoms with Crippen LogP contribution in [0.1, 0.15) is 19.3 Å². The largest absolute Gasteiger partial charge is 0.372 e. The van der Waals surface area contributed by atoms with Crippen LogP contribution in [0, 0.1) is 5.92 Å². The first-order chi connectivity index (χ1) is 13.1. The van der Waals surface area contributed by atoms with Crippen molar-refractivity contribution in [3.05, 3.63) is 53.6 Å². The molecule has 2 saturated heterocycles. The van der Waals surface area contributed by atoms with Crippen LogP contribution in [0.2, 0.25) is 5.02 Å². The zero-order valence-corrected chi connectivity index (χ0v) is 15.8. The zero-order chi connectivity index (χ0) is 18.8. The van der Waals surface area contributed by atoms with E-state index in [0.29, 0.717) is 17.3 Å². The molecule has 0 saturated carbocycles. The molecule has 1 atom stereocenters. The molecule has 5 nitrogen and oxygen atoms in total. The Kier molecular flexibility index (Phi) is 5.03. The van der Waals surface area contributed by atoms with Gasteiger partial charge in [-0.1, -0.05) is 11.6 Å². The van der Waals surface area contributed by atoms with Crippen LogP contribution in [-0.4, -0.2) is 31.4 Å². The van der Waals surface area contributed by atoms with E-state index in [-0.39, 0.29) is 24.2 Å². The zero-order valence-electron chi connectivity index (χ0n) is 15.0. The van der Waals surface area contributed by atoms with Crippen molar-refractivity contribution in [1.82, 2.24) is 0 Å². The number of anilines is 3. The Hall–Kier alpha value is -2.53. The normalized spacial score (nSPS) is 19.6. The van der Waals surface area contributed by atoms with Crippen LogP contribution in [0.15, 0.2) is 48.5 Å². The molecule has 0 aliphatic carbocycles. The minimum Gasteiger partial charge on any atom is -0.372 e. The van der Waals surface area contributed by atoms with Crippen LogP contribution in [0.25, 0.3) is 0 Å². The van der Waals surface area contributed by atoms with Crippen LogP contribution >= 0.6 is 11.6 Å². The third-order valence-corrected chi connectivity index (χ3v) is 5.49. The summed E-state index contributed by atoms with van der Waals surface area (Å²) in [7, 11) is 0. The second-order valence-corrected chi connectivity index (χ2v) is 7.55. The lowest BCUT2D eigenvalue weighted by atomic mass is 10.1. The molecule has 1 N–H and O–H groups in total. The summed E-state index contributed by atoms with van der Waals surface area (Å²) in [5.41, 5.74) is 2.73. The van der Waals surface area contributed by atoms with Crippen molar-refractivity contribution in [3.8, 4) is 0 Å². The van der Waals surface area contributed by atoms with E-state index < -0.39 is 0 Å². The Morgan fingerprint density at radius 1 is 0.963 bits per heavy atom. The van der Waals surface area contributed by atoms with E-state index in [4.69, 9.17) is 11.6 Å². The highest BCUT2D eigenvalue weighted by atomic mass is 35.5. The molecule has 4 rings (SSSR count). The van der Waals surface area contributed by atoms with E-state index in [0.717, 1.165) is 18.8 Å². The highest BCUT2D eigenvalue weighted by Crippen LogP contribution is 2.29. The maximum Gasteiger partial charge on any atom is 0.229 e. The van der Waals surface area contributed by atoms with Crippen molar-refractivity contribution in [1.29, 1.82) is 0 Å². The molecule has 0 radical (unpaired) electrons. The topological polar surface area (TPSA) is 52.7 Å². The van der Waals surface area contributed by atoms with Gasteiger partial charge in [-0.05, 0) is 61.4 Å². The van der Waals surface area contributed by atoms with E-state index in [9.17, 15) is 9.59 Å². The maximum atomic E-state index is 12.5. The van der Waals surface area contributed by atoms with Gasteiger partial charge in [-0.2, -0.15) is 0 Å². The summed E-state index contributed by atoms with van der Waals surface area (Å²) in [5.74, 6) is -0.506. The van der Waals surface area contributed by atoms with Crippen LogP contribution in [-0.2, 0) is 9.59 Å². The molecule has 2 amide bonds. The maximum absolute atomic E-state index is 12.5. The van der Waals surface area contributed by atoms with Gasteiger partial charge in [-0.3, -0.25) is 9.59 Å². The predicted molar refractivity (Wildman–Crippen MR) is 108 cm³/mol. The number of carbonyl (C=O) groups excluding carboxylic acids is 2. The minimum absolute atomic E-state index is 0.0137. The Labute approximate surface area is 163 Å². The van der Waals surface area contributed by atoms with Crippen molar-refractivity contribution in [3.63, 3.8) is 0 Å². The van der Waals surface area contributed by atoms with E-state index in [2.05, 4.69) is 22.3 Å². The number of rotatable bonds is 4. The standard InChI is InChI=1S/C21H22ClN3O2/c22-16-3-5-17(6-4-16)23-21(27)15-13-20(26)25(14-15)19-9-7-18(8-10-19)24-11-1-2-12-24/h3-10,15H,1-2,11-14H2,(H,23,27). The van der Waals surface area contributed by atoms with Gasteiger partial charge >= 0.3 is 0 Å². The first-order valence-corrected chi connectivity index (χ1v) is 9.70. The van der Waals surface area contributed by atoms with Gasteiger partial charge in [-0.15, -0.1) is 0 Å². The fourth-order valence-electron chi connectivity index (χ4n) is 3.73. The Morgan fingerprint density at radius 3 is 2.26 bits per heavy atom. The second-order valence-electron chi connectivity index (χ2n) is 7.11. The van der Waals surface area contributed by atoms with Gasteiger partial charge in [0.1, 0.15) is 0 Å². The number of benzene rings is 2. The first-order valence-electron chi connectivity index (χ1n) is 9.32. The third kappa shape index (κ3) is 3.93. The number of carbonyl (C=O) groups is 2. The average molecular weight is 384 g/mol. The number of hydrogen-bond donors (Lipinski definition) is 1. The average Bonchev–Trinajstić information content (AvgIpc) is 3.34. The van der Waals surface area contributed by atoms with Crippen LogP contribution < -0.4 is 15.1 Å². The minimum atomic E-state index is -0.355. The summed E-state index contributed by atoms with van der Waals surface area (Å²) in [4.78, 5) is 29.0. The van der Waals surface area contributed by atoms with Crippen LogP contribution in [0.4, 0.5) is 17.1 Å². The molecule has 0 spiro atoms. The fraction of sp³-hybridized carbons (Fsp3) is 0.333. The number of nitrogens with zero attached hydrogens (tertiary/aromatic N) is 2. The van der Waals surface area contributed by atoms with E-state index in [1.807, 2.05) is 12.1 Å². The van der Waals surface area contributed by atoms with Crippen LogP contribution in [0.3, 0.4) is 0 Å². The van der Waals surface area contributed by atoms with Crippen molar-refractivity contribution in [2.24, 2.45) is 5.92 Å². The molecule has 140 valence electrons. The highest BCUT2D eigenvalue weighted by Gasteiger charge is 2.35. The van der Waals surface area contributed by atoms with Crippen molar-refractivity contribution < 1.29 is 9.59 Å². The number of nitrogens with one attached hydrogen (secondary N) is 1. The smallest absolute Gasteiger partial charge is 0.229 e. The Bertz CT molecular complexity index is 830. The van der Waals surface area contributed by atoms with E-state index in [1.165, 1.54) is 18.5 Å². The van der Waals surface area contributed by atoms with Crippen molar-refractivity contribution in [2.45, 2.75) is 19.3 Å². The molecule has 2 fully saturated rings. The summed E-state index contributed by atoms with van der Waals surface area (Å²) < 4.78 is 0. The van der Waals surface area contributed by atoms with Crippen molar-refractivity contribution in [2.75, 3.05) is 34.8 Å². The molecule has 2 aromatic carbocycles. The molecule has 0 aromatic heterocycles. The van der Waals surface area contributed by atoms with E-state index >= 15 is 0 Å². The molecular weight excluding hydrogens is 362 g/mol. The summed E-state index contributed by atoms with van der Waals surface area (Å²) in [6, 6.07) is 15.0. The van der Waals surface area contributed by atoms with Gasteiger partial charge < -0.3 is 15.1 Å². The monoisotopic (exact) mass is 383 g/mol. The highest BCUT2D eigenvalue weighted by molar-refractivity contribution is 6.30. The summed E-state index contributed by atoms with van der Waals surface area (Å²) in [5, 5.41) is 3.48. The summed E-state index contributed by atoms with van der Waals surface area (Å²) in [6.45, 7) is 2.59. The molecule has 1 unspecified atom stereocenters. The molecule has 2 heterocycles. The third-order valence-electron chi connectivity index (χ3n) is 5.24. The predicted octanol–water partition coefficient (Wildman–Crippen LogP) is 3.93. The van der Waals surface area contributed by atoms with Gasteiger partial charge in [0, 0.05) is 48.1 Å². The van der Waals surface area contributed by atoms with Gasteiger partial charge in [0.15, 0.2) is 0 Å². The molecule has 0 bridgehead atoms. The molecular formula is C21H22ClN3O2. The van der Waals surface area contributed by atoms with Crippen LogP contribution in [0.5, 0.6) is 0 Å². The quantitative estimate of drug-likeness (QED) is 0.870. The SMILES string of the molecule is O=C(Nc1ccc(Cl)cc1)C1CC(=O)N(c2ccc(N3CCCC3)cc2)C1. The van der Waals surface area contributed by atoms with Gasteiger partial charge in [0.25, 0.3) is 0 Å². The summed E-state index contributed by atoms with van der Waals surface area (Å²) >= 11 is 5.87. The molecule has 2 aliphatic heterocycles. The number of hydrogen-bond acceptors (Lipinski definition) is 3. The Balaban J connectivity index is 1.40.